The van der Waals surface area contributed by atoms with Crippen LogP contribution in [0.1, 0.15) is 50.7 Å². The first-order chi connectivity index (χ1) is 29.1. The molecule has 3 aromatic heterocycles. The molecule has 0 spiro atoms. The second-order valence-corrected chi connectivity index (χ2v) is 22.3. The molecule has 0 unspecified atom stereocenters. The van der Waals surface area contributed by atoms with E-state index in [1.165, 1.54) is 21.7 Å². The molecule has 0 saturated carbocycles. The molecule has 3 heterocycles. The van der Waals surface area contributed by atoms with Gasteiger partial charge < -0.3 is 14.0 Å². The van der Waals surface area contributed by atoms with Crippen LogP contribution in [0.15, 0.2) is 162 Å². The molecule has 0 aliphatic rings. The van der Waals surface area contributed by atoms with Gasteiger partial charge in [-0.2, -0.15) is 0 Å². The van der Waals surface area contributed by atoms with E-state index in [0.717, 1.165) is 77.8 Å². The van der Waals surface area contributed by atoms with Gasteiger partial charge in [-0.15, -0.1) is 53.6 Å². The maximum Gasteiger partial charge on any atom is 0.120 e. The second-order valence-electron chi connectivity index (χ2n) is 17.3. The predicted octanol–water partition coefficient (Wildman–Crippen LogP) is 14.6. The Morgan fingerprint density at radius 1 is 0.672 bits per heavy atom. The molecule has 10 aromatic rings. The fourth-order valence-corrected chi connectivity index (χ4v) is 9.98. The van der Waals surface area contributed by atoms with Crippen LogP contribution in [0, 0.1) is 12.1 Å². The van der Waals surface area contributed by atoms with Gasteiger partial charge >= 0.3 is 0 Å². The predicted molar refractivity (Wildman–Crippen MR) is 255 cm³/mol. The molecule has 6 heteroatoms. The summed E-state index contributed by atoms with van der Waals surface area (Å²) < 4.78 is 8.73. The van der Waals surface area contributed by atoms with Crippen molar-refractivity contribution in [1.29, 1.82) is 0 Å². The third-order valence-electron chi connectivity index (χ3n) is 11.5. The van der Waals surface area contributed by atoms with Crippen LogP contribution >= 0.6 is 0 Å². The molecule has 0 bridgehead atoms. The third kappa shape index (κ3) is 8.04. The number of para-hydroxylation sites is 3. The van der Waals surface area contributed by atoms with Gasteiger partial charge in [0.25, 0.3) is 0 Å². The first-order valence-electron chi connectivity index (χ1n) is 21.0. The van der Waals surface area contributed by atoms with Gasteiger partial charge in [0.1, 0.15) is 5.58 Å². The number of furan rings is 1. The van der Waals surface area contributed by atoms with E-state index in [-0.39, 0.29) is 20.1 Å². The van der Waals surface area contributed by atoms with Gasteiger partial charge in [-0.1, -0.05) is 173 Å². The largest absolute Gasteiger partial charge is 0.501 e. The van der Waals surface area contributed by atoms with Gasteiger partial charge in [0.15, 0.2) is 0 Å². The Labute approximate surface area is 373 Å². The molecule has 0 aliphatic heterocycles. The van der Waals surface area contributed by atoms with Gasteiger partial charge in [-0.05, 0) is 45.9 Å². The molecule has 0 aliphatic carbocycles. The van der Waals surface area contributed by atoms with Gasteiger partial charge in [0.2, 0.25) is 0 Å². The van der Waals surface area contributed by atoms with Crippen molar-refractivity contribution < 1.29 is 24.5 Å². The molecule has 305 valence electrons. The molecular formula is C55H49IrN3OSi-2. The van der Waals surface area contributed by atoms with E-state index in [0.29, 0.717) is 11.8 Å². The van der Waals surface area contributed by atoms with Crippen molar-refractivity contribution in [1.82, 2.24) is 14.5 Å². The summed E-state index contributed by atoms with van der Waals surface area (Å²) in [5.74, 6) is 1.88. The first-order valence-corrected chi connectivity index (χ1v) is 24.5. The van der Waals surface area contributed by atoms with E-state index in [2.05, 4.69) is 192 Å². The zero-order valence-corrected chi connectivity index (χ0v) is 39.1. The third-order valence-corrected chi connectivity index (χ3v) is 13.5. The number of imidazole rings is 1. The number of aromatic nitrogens is 3. The normalized spacial score (nSPS) is 11.7. The number of hydrogen-bond donors (Lipinski definition) is 0. The summed E-state index contributed by atoms with van der Waals surface area (Å²) in [4.78, 5) is 9.93. The number of benzene rings is 7. The van der Waals surface area contributed by atoms with E-state index < -0.39 is 8.07 Å². The molecule has 0 amide bonds. The summed E-state index contributed by atoms with van der Waals surface area (Å²) in [5, 5.41) is 5.97. The van der Waals surface area contributed by atoms with Crippen molar-refractivity contribution >= 4 is 57.0 Å². The minimum atomic E-state index is -1.36. The Balaban J connectivity index is 0.000000192. The van der Waals surface area contributed by atoms with Crippen LogP contribution in [-0.4, -0.2) is 22.6 Å². The van der Waals surface area contributed by atoms with E-state index in [1.54, 1.807) is 0 Å². The minimum Gasteiger partial charge on any atom is -0.501 e. The topological polar surface area (TPSA) is 43.9 Å². The zero-order chi connectivity index (χ0) is 41.5. The Morgan fingerprint density at radius 3 is 2.13 bits per heavy atom. The second kappa shape index (κ2) is 17.2. The van der Waals surface area contributed by atoms with E-state index >= 15 is 0 Å². The summed E-state index contributed by atoms with van der Waals surface area (Å²) in [6.45, 7) is 16.1. The van der Waals surface area contributed by atoms with E-state index in [9.17, 15) is 0 Å². The average Bonchev–Trinajstić information content (AvgIpc) is 3.85. The van der Waals surface area contributed by atoms with Crippen molar-refractivity contribution in [2.75, 3.05) is 0 Å². The zero-order valence-electron chi connectivity index (χ0n) is 35.7. The van der Waals surface area contributed by atoms with E-state index in [1.807, 2.05) is 30.3 Å². The minimum absolute atomic E-state index is 0. The Kier molecular flexibility index (Phi) is 11.8. The molecule has 7 aromatic carbocycles. The maximum atomic E-state index is 6.44. The number of rotatable bonds is 7. The van der Waals surface area contributed by atoms with Gasteiger partial charge in [0, 0.05) is 42.6 Å². The Morgan fingerprint density at radius 2 is 1.39 bits per heavy atom. The van der Waals surface area contributed by atoms with E-state index in [4.69, 9.17) is 14.4 Å². The fraction of sp³-hybridized carbons (Fsp3) is 0.164. The van der Waals surface area contributed by atoms with Crippen molar-refractivity contribution in [2.24, 2.45) is 0 Å². The fourth-order valence-electron chi connectivity index (χ4n) is 8.30. The quantitative estimate of drug-likeness (QED) is 0.118. The van der Waals surface area contributed by atoms with Gasteiger partial charge in [0.05, 0.1) is 36.2 Å². The Hall–Kier alpha value is -5.91. The molecular weight excluding hydrogens is 939 g/mol. The molecule has 4 nitrogen and oxygen atoms in total. The summed E-state index contributed by atoms with van der Waals surface area (Å²) in [6, 6.07) is 59.7. The van der Waals surface area contributed by atoms with Crippen molar-refractivity contribution in [2.45, 2.75) is 59.2 Å². The van der Waals surface area contributed by atoms with Crippen molar-refractivity contribution in [3.8, 4) is 39.5 Å². The van der Waals surface area contributed by atoms with Crippen LogP contribution in [-0.2, 0) is 20.1 Å². The van der Waals surface area contributed by atoms with Crippen molar-refractivity contribution in [3.05, 3.63) is 181 Å². The molecule has 0 saturated heterocycles. The standard InChI is InChI=1S/C35H21N2O.C20H28NSi.Ir/c1-2-11-23(12-3-1)26-22-21-24-13-4-5-14-25(24)33(26)37-31-19-8-7-18-30(31)36-35(37)29-17-10-16-28-27-15-6-9-20-32(27)38-34(28)29;1-14(2)16-8-10-17(11-9-16)19-12-18(15(3)4)20(13-21-19)22(5,6)7;/h1-16,18-22H;8-10,12-15H,1-7H3;/q2*-1;. The Bertz CT molecular complexity index is 3140. The maximum absolute atomic E-state index is 6.44. The summed E-state index contributed by atoms with van der Waals surface area (Å²) in [7, 11) is -1.36. The van der Waals surface area contributed by atoms with Crippen LogP contribution < -0.4 is 5.19 Å². The average molecular weight is 988 g/mol. The first kappa shape index (κ1) is 41.8. The summed E-state index contributed by atoms with van der Waals surface area (Å²) in [5.41, 5.74) is 12.8. The van der Waals surface area contributed by atoms with Crippen LogP contribution in [0.25, 0.3) is 83.2 Å². The molecule has 1 radical (unpaired) electrons. The number of pyridine rings is 1. The number of nitrogens with zero attached hydrogens (tertiary/aromatic N) is 3. The van der Waals surface area contributed by atoms with Gasteiger partial charge in [-0.25, -0.2) is 0 Å². The van der Waals surface area contributed by atoms with Crippen LogP contribution in [0.5, 0.6) is 0 Å². The summed E-state index contributed by atoms with van der Waals surface area (Å²) >= 11 is 0. The number of fused-ring (bicyclic) bond motifs is 5. The van der Waals surface area contributed by atoms with Crippen LogP contribution in [0.2, 0.25) is 19.6 Å². The monoisotopic (exact) mass is 988 g/mol. The molecule has 0 N–H and O–H groups in total. The molecule has 0 fully saturated rings. The number of hydrogen-bond acceptors (Lipinski definition) is 3. The SMILES string of the molecule is CC(C)c1c[c-]c(-c2cc(C(C)C)c([Si](C)(C)C)cn2)cc1.[Ir].[c-]1ccc2c(oc3ccccc32)c1-c1nc2ccccc2n1-c1c(-c2ccccc2)ccc2ccccc12. The smallest absolute Gasteiger partial charge is 0.120 e. The molecule has 10 rings (SSSR count). The van der Waals surface area contributed by atoms with Crippen molar-refractivity contribution in [3.63, 3.8) is 0 Å². The van der Waals surface area contributed by atoms with Gasteiger partial charge in [-0.3, -0.25) is 4.98 Å². The van der Waals surface area contributed by atoms with Crippen LogP contribution in [0.3, 0.4) is 0 Å². The summed E-state index contributed by atoms with van der Waals surface area (Å²) in [6.07, 6.45) is 2.11. The van der Waals surface area contributed by atoms with Crippen LogP contribution in [0.4, 0.5) is 0 Å². The molecule has 61 heavy (non-hydrogen) atoms. The molecule has 0 atom stereocenters.